The van der Waals surface area contributed by atoms with E-state index in [0.29, 0.717) is 0 Å². The molecule has 8 nitrogen and oxygen atoms in total. The van der Waals surface area contributed by atoms with Crippen LogP contribution in [0.1, 0.15) is 37.0 Å². The lowest BCUT2D eigenvalue weighted by molar-refractivity contribution is -0.146. The monoisotopic (exact) mass is 268 g/mol. The van der Waals surface area contributed by atoms with Gasteiger partial charge in [-0.05, 0) is 26.8 Å². The van der Waals surface area contributed by atoms with E-state index in [4.69, 9.17) is 10.5 Å². The molecule has 0 aliphatic heterocycles. The molecule has 3 N–H and O–H groups in total. The number of hydrogen-bond donors (Lipinski definition) is 2. The van der Waals surface area contributed by atoms with E-state index < -0.39 is 17.5 Å². The second-order valence-electron chi connectivity index (χ2n) is 4.66. The lowest BCUT2D eigenvalue weighted by Gasteiger charge is -2.19. The minimum atomic E-state index is -0.711. The summed E-state index contributed by atoms with van der Waals surface area (Å²) < 4.78 is 5.16. The van der Waals surface area contributed by atoms with Crippen molar-refractivity contribution in [3.8, 4) is 0 Å². The number of rotatable bonds is 4. The van der Waals surface area contributed by atoms with E-state index in [-0.39, 0.29) is 17.1 Å². The second kappa shape index (κ2) is 5.51. The maximum Gasteiger partial charge on any atom is 0.363 e. The molecule has 0 fully saturated rings. The van der Waals surface area contributed by atoms with Crippen LogP contribution < -0.4 is 5.73 Å². The summed E-state index contributed by atoms with van der Waals surface area (Å²) in [5.74, 6) is -1.41. The van der Waals surface area contributed by atoms with Crippen molar-refractivity contribution in [1.82, 2.24) is 10.2 Å². The Morgan fingerprint density at radius 2 is 2.05 bits per heavy atom. The van der Waals surface area contributed by atoms with Gasteiger partial charge in [-0.25, -0.2) is 4.79 Å². The van der Waals surface area contributed by atoms with Crippen LogP contribution in [0.4, 0.5) is 0 Å². The lowest BCUT2D eigenvalue weighted by atomic mass is 10.2. The summed E-state index contributed by atoms with van der Waals surface area (Å²) in [4.78, 5) is 27.5. The number of amides is 1. The van der Waals surface area contributed by atoms with Crippen molar-refractivity contribution >= 4 is 17.6 Å². The van der Waals surface area contributed by atoms with Gasteiger partial charge in [0.2, 0.25) is 5.71 Å². The highest BCUT2D eigenvalue weighted by molar-refractivity contribution is 6.42. The highest BCUT2D eigenvalue weighted by Gasteiger charge is 2.25. The third-order valence-electron chi connectivity index (χ3n) is 1.86. The van der Waals surface area contributed by atoms with E-state index in [0.717, 1.165) is 0 Å². The van der Waals surface area contributed by atoms with Gasteiger partial charge in [0, 0.05) is 0 Å². The quantitative estimate of drug-likeness (QED) is 0.459. The fraction of sp³-hybridized carbons (Fsp3) is 0.455. The first-order chi connectivity index (χ1) is 8.74. The van der Waals surface area contributed by atoms with Crippen molar-refractivity contribution in [2.75, 3.05) is 7.11 Å². The first kappa shape index (κ1) is 14.7. The molecule has 1 rings (SSSR count). The topological polar surface area (TPSA) is 120 Å². The van der Waals surface area contributed by atoms with Gasteiger partial charge in [0.25, 0.3) is 5.91 Å². The standard InChI is InChI=1S/C11H16N4O4/c1-11(2,3)19-10(17)8(15-18-4)6-5-7(9(12)16)14-13-6/h5H,1-4H3,(H2,12,16)(H,13,14). The molecule has 19 heavy (non-hydrogen) atoms. The number of primary amides is 1. The van der Waals surface area contributed by atoms with Crippen LogP contribution in [0.2, 0.25) is 0 Å². The zero-order valence-electron chi connectivity index (χ0n) is 11.2. The Morgan fingerprint density at radius 3 is 2.47 bits per heavy atom. The lowest BCUT2D eigenvalue weighted by Crippen LogP contribution is -2.29. The maximum absolute atomic E-state index is 11.9. The van der Waals surface area contributed by atoms with Crippen molar-refractivity contribution in [3.05, 3.63) is 17.5 Å². The number of ether oxygens (including phenoxy) is 1. The summed E-state index contributed by atoms with van der Waals surface area (Å²) in [5.41, 5.74) is 4.42. The minimum Gasteiger partial charge on any atom is -0.455 e. The number of carbonyl (C=O) groups excluding carboxylic acids is 2. The number of nitrogens with two attached hydrogens (primary N) is 1. The van der Waals surface area contributed by atoms with Crippen molar-refractivity contribution in [3.63, 3.8) is 0 Å². The smallest absolute Gasteiger partial charge is 0.363 e. The average Bonchev–Trinajstić information content (AvgIpc) is 2.72. The molecule has 0 spiro atoms. The normalized spacial score (nSPS) is 12.1. The Hall–Kier alpha value is -2.38. The Kier molecular flexibility index (Phi) is 4.26. The number of aromatic amines is 1. The number of carbonyl (C=O) groups is 2. The molecule has 1 heterocycles. The molecule has 104 valence electrons. The summed E-state index contributed by atoms with van der Waals surface area (Å²) in [5, 5.41) is 9.72. The predicted octanol–water partition coefficient (Wildman–Crippen LogP) is 0.201. The molecule has 0 radical (unpaired) electrons. The summed E-state index contributed by atoms with van der Waals surface area (Å²) in [6.07, 6.45) is 0. The Balaban J connectivity index is 3.04. The van der Waals surface area contributed by atoms with Gasteiger partial charge in [-0.15, -0.1) is 0 Å². The zero-order chi connectivity index (χ0) is 14.6. The number of oxime groups is 1. The summed E-state index contributed by atoms with van der Waals surface area (Å²) >= 11 is 0. The number of esters is 1. The first-order valence-electron chi connectivity index (χ1n) is 5.44. The number of aromatic nitrogens is 2. The van der Waals surface area contributed by atoms with E-state index >= 15 is 0 Å². The van der Waals surface area contributed by atoms with E-state index in [9.17, 15) is 9.59 Å². The van der Waals surface area contributed by atoms with Crippen molar-refractivity contribution in [2.45, 2.75) is 26.4 Å². The van der Waals surface area contributed by atoms with Crippen LogP contribution in [0, 0.1) is 0 Å². The molecule has 0 aliphatic rings. The van der Waals surface area contributed by atoms with E-state index in [1.807, 2.05) is 0 Å². The van der Waals surface area contributed by atoms with Crippen LogP contribution in [0.25, 0.3) is 0 Å². The Bertz CT molecular complexity index is 513. The third-order valence-corrected chi connectivity index (χ3v) is 1.86. The third kappa shape index (κ3) is 4.09. The van der Waals surface area contributed by atoms with Crippen LogP contribution in [-0.2, 0) is 14.4 Å². The molecule has 1 amide bonds. The molecule has 0 saturated heterocycles. The molecule has 0 atom stereocenters. The molecular formula is C11H16N4O4. The number of H-pyrrole nitrogens is 1. The van der Waals surface area contributed by atoms with Crippen LogP contribution in [-0.4, -0.2) is 40.5 Å². The van der Waals surface area contributed by atoms with E-state index in [1.54, 1.807) is 20.8 Å². The number of hydrogen-bond acceptors (Lipinski definition) is 6. The fourth-order valence-corrected chi connectivity index (χ4v) is 1.18. The van der Waals surface area contributed by atoms with Gasteiger partial charge in [0.05, 0.1) is 0 Å². The van der Waals surface area contributed by atoms with Crippen molar-refractivity contribution in [2.24, 2.45) is 10.9 Å². The summed E-state index contributed by atoms with van der Waals surface area (Å²) in [7, 11) is 1.28. The van der Waals surface area contributed by atoms with Gasteiger partial charge >= 0.3 is 5.97 Å². The van der Waals surface area contributed by atoms with Crippen LogP contribution in [0.3, 0.4) is 0 Å². The first-order valence-corrected chi connectivity index (χ1v) is 5.44. The zero-order valence-corrected chi connectivity index (χ0v) is 11.2. The highest BCUT2D eigenvalue weighted by atomic mass is 16.6. The minimum absolute atomic E-state index is 0.0577. The molecule has 0 aromatic carbocycles. The SMILES string of the molecule is CON=C(C(=O)OC(C)(C)C)c1cc(C(N)=O)[nH]n1. The Morgan fingerprint density at radius 1 is 1.42 bits per heavy atom. The van der Waals surface area contributed by atoms with Crippen molar-refractivity contribution in [1.29, 1.82) is 0 Å². The van der Waals surface area contributed by atoms with Crippen LogP contribution >= 0.6 is 0 Å². The van der Waals surface area contributed by atoms with Gasteiger partial charge in [-0.3, -0.25) is 9.89 Å². The summed E-state index contributed by atoms with van der Waals surface area (Å²) in [6.45, 7) is 5.15. The fourth-order valence-electron chi connectivity index (χ4n) is 1.18. The van der Waals surface area contributed by atoms with E-state index in [2.05, 4.69) is 20.2 Å². The molecule has 0 unspecified atom stereocenters. The van der Waals surface area contributed by atoms with Gasteiger partial charge in [-0.1, -0.05) is 5.16 Å². The number of nitrogens with one attached hydrogen (secondary N) is 1. The largest absolute Gasteiger partial charge is 0.455 e. The van der Waals surface area contributed by atoms with Crippen LogP contribution in [0.5, 0.6) is 0 Å². The van der Waals surface area contributed by atoms with Gasteiger partial charge in [-0.2, -0.15) is 5.10 Å². The van der Waals surface area contributed by atoms with E-state index in [1.165, 1.54) is 13.2 Å². The summed E-state index contributed by atoms with van der Waals surface area (Å²) in [6, 6.07) is 1.30. The highest BCUT2D eigenvalue weighted by Crippen LogP contribution is 2.10. The average molecular weight is 268 g/mol. The van der Waals surface area contributed by atoms with Gasteiger partial charge < -0.3 is 15.3 Å². The maximum atomic E-state index is 11.9. The van der Waals surface area contributed by atoms with Gasteiger partial charge in [0.15, 0.2) is 0 Å². The van der Waals surface area contributed by atoms with Crippen molar-refractivity contribution < 1.29 is 19.2 Å². The second-order valence-corrected chi connectivity index (χ2v) is 4.66. The molecule has 0 bridgehead atoms. The predicted molar refractivity (Wildman–Crippen MR) is 66.5 cm³/mol. The van der Waals surface area contributed by atoms with Gasteiger partial charge in [0.1, 0.15) is 24.1 Å². The molecule has 1 aromatic rings. The molecule has 8 heteroatoms. The molecule has 0 aliphatic carbocycles. The molecular weight excluding hydrogens is 252 g/mol. The number of nitrogens with zero attached hydrogens (tertiary/aromatic N) is 2. The molecule has 0 saturated carbocycles. The van der Waals surface area contributed by atoms with Crippen LogP contribution in [0.15, 0.2) is 11.2 Å². The Labute approximate surface area is 109 Å². The molecule has 1 aromatic heterocycles.